The van der Waals surface area contributed by atoms with Gasteiger partial charge in [-0.25, -0.2) is 0 Å². The van der Waals surface area contributed by atoms with Crippen LogP contribution in [0.25, 0.3) is 11.1 Å². The van der Waals surface area contributed by atoms with Crippen LogP contribution < -0.4 is 0 Å². The number of aryl methyl sites for hydroxylation is 2. The number of hydrogen-bond donors (Lipinski definition) is 0. The van der Waals surface area contributed by atoms with Gasteiger partial charge in [0.1, 0.15) is 0 Å². The monoisotopic (exact) mass is 424 g/mol. The van der Waals surface area contributed by atoms with Crippen LogP contribution in [0.3, 0.4) is 0 Å². The molecule has 4 aromatic rings. The molecule has 1 aliphatic rings. The molecule has 0 saturated carbocycles. The molecule has 0 atom stereocenters. The predicted octanol–water partition coefficient (Wildman–Crippen LogP) is 8.26. The number of benzene rings is 4. The van der Waals surface area contributed by atoms with Gasteiger partial charge in [0.05, 0.1) is 0 Å². The molecule has 0 bridgehead atoms. The van der Waals surface area contributed by atoms with Crippen LogP contribution in [0.1, 0.15) is 33.4 Å². The van der Waals surface area contributed by atoms with Gasteiger partial charge < -0.3 is 0 Å². The standard InChI is InChI=1S/C28H24S2/c1-19-13-27-25(17-23(19)15-21-9-5-3-6-10-21)26-18-24(16-22-11-7-4-8-12-22)20(2)14-28(26)30-29-27/h3-14,17-18H,15-16H2,1-2H3. The Balaban J connectivity index is 1.56. The van der Waals surface area contributed by atoms with Crippen LogP contribution in [-0.2, 0) is 12.8 Å². The first-order chi connectivity index (χ1) is 14.7. The second-order valence-corrected chi connectivity index (χ2v) is 10.3. The van der Waals surface area contributed by atoms with E-state index in [4.69, 9.17) is 0 Å². The van der Waals surface area contributed by atoms with E-state index in [1.165, 1.54) is 54.3 Å². The highest BCUT2D eigenvalue weighted by molar-refractivity contribution is 8.76. The van der Waals surface area contributed by atoms with Crippen LogP contribution in [0.5, 0.6) is 0 Å². The van der Waals surface area contributed by atoms with Gasteiger partial charge in [-0.2, -0.15) is 0 Å². The highest BCUT2D eigenvalue weighted by Gasteiger charge is 2.21. The van der Waals surface area contributed by atoms with Gasteiger partial charge in [-0.05, 0) is 95.5 Å². The Bertz CT molecular complexity index is 1100. The molecular weight excluding hydrogens is 400 g/mol. The van der Waals surface area contributed by atoms with E-state index in [9.17, 15) is 0 Å². The Morgan fingerprint density at radius 2 is 0.933 bits per heavy atom. The zero-order valence-corrected chi connectivity index (χ0v) is 18.9. The van der Waals surface area contributed by atoms with E-state index in [-0.39, 0.29) is 0 Å². The Kier molecular flexibility index (Phi) is 5.45. The first kappa shape index (κ1) is 19.5. The molecule has 0 saturated heterocycles. The third-order valence-electron chi connectivity index (χ3n) is 5.86. The molecule has 0 unspecified atom stereocenters. The Hall–Kier alpha value is -2.42. The molecule has 0 amide bonds. The third kappa shape index (κ3) is 3.95. The van der Waals surface area contributed by atoms with Crippen LogP contribution in [0.2, 0.25) is 0 Å². The summed E-state index contributed by atoms with van der Waals surface area (Å²) in [7, 11) is 3.79. The summed E-state index contributed by atoms with van der Waals surface area (Å²) in [6, 6.07) is 31.2. The Morgan fingerprint density at radius 1 is 0.533 bits per heavy atom. The summed E-state index contributed by atoms with van der Waals surface area (Å²) < 4.78 is 0. The topological polar surface area (TPSA) is 0 Å². The maximum atomic E-state index is 2.44. The summed E-state index contributed by atoms with van der Waals surface area (Å²) in [5, 5.41) is 0. The molecule has 30 heavy (non-hydrogen) atoms. The quantitative estimate of drug-likeness (QED) is 0.302. The summed E-state index contributed by atoms with van der Waals surface area (Å²) >= 11 is 0. The molecule has 0 nitrogen and oxygen atoms in total. The van der Waals surface area contributed by atoms with Crippen LogP contribution in [0.4, 0.5) is 0 Å². The van der Waals surface area contributed by atoms with Crippen molar-refractivity contribution in [2.24, 2.45) is 0 Å². The predicted molar refractivity (Wildman–Crippen MR) is 132 cm³/mol. The van der Waals surface area contributed by atoms with E-state index in [0.29, 0.717) is 0 Å². The maximum Gasteiger partial charge on any atom is 0.0268 e. The number of fused-ring (bicyclic) bond motifs is 3. The van der Waals surface area contributed by atoms with Crippen molar-refractivity contribution in [3.63, 3.8) is 0 Å². The molecule has 0 aliphatic carbocycles. The minimum atomic E-state index is 0.982. The summed E-state index contributed by atoms with van der Waals surface area (Å²) in [4.78, 5) is 2.77. The first-order valence-corrected chi connectivity index (χ1v) is 12.5. The molecule has 0 aromatic heterocycles. The van der Waals surface area contributed by atoms with Gasteiger partial charge in [-0.15, -0.1) is 0 Å². The second-order valence-electron chi connectivity index (χ2n) is 8.04. The molecule has 4 aromatic carbocycles. The normalized spacial score (nSPS) is 12.3. The molecule has 0 fully saturated rings. The van der Waals surface area contributed by atoms with Gasteiger partial charge in [0.25, 0.3) is 0 Å². The van der Waals surface area contributed by atoms with Gasteiger partial charge in [-0.3, -0.25) is 0 Å². The van der Waals surface area contributed by atoms with Crippen molar-refractivity contribution in [2.75, 3.05) is 0 Å². The zero-order chi connectivity index (χ0) is 20.5. The van der Waals surface area contributed by atoms with Crippen LogP contribution in [0.15, 0.2) is 94.7 Å². The van der Waals surface area contributed by atoms with Gasteiger partial charge in [0, 0.05) is 9.79 Å². The van der Waals surface area contributed by atoms with Crippen LogP contribution in [-0.4, -0.2) is 0 Å². The lowest BCUT2D eigenvalue weighted by Crippen LogP contribution is -2.00. The van der Waals surface area contributed by atoms with Crippen LogP contribution in [0, 0.1) is 13.8 Å². The molecule has 148 valence electrons. The fourth-order valence-electron chi connectivity index (χ4n) is 4.11. The van der Waals surface area contributed by atoms with Crippen molar-refractivity contribution in [3.05, 3.63) is 118 Å². The Morgan fingerprint density at radius 3 is 1.33 bits per heavy atom. The first-order valence-electron chi connectivity index (χ1n) is 10.4. The van der Waals surface area contributed by atoms with E-state index in [1.807, 2.05) is 21.6 Å². The highest BCUT2D eigenvalue weighted by Crippen LogP contribution is 2.52. The highest BCUT2D eigenvalue weighted by atomic mass is 33.1. The molecule has 1 heterocycles. The molecular formula is C28H24S2. The van der Waals surface area contributed by atoms with Crippen molar-refractivity contribution in [2.45, 2.75) is 36.5 Å². The lowest BCUT2D eigenvalue weighted by Gasteiger charge is -2.23. The van der Waals surface area contributed by atoms with Crippen molar-refractivity contribution in [1.82, 2.24) is 0 Å². The molecule has 0 spiro atoms. The number of rotatable bonds is 4. The summed E-state index contributed by atoms with van der Waals surface area (Å²) in [6.07, 6.45) is 1.96. The van der Waals surface area contributed by atoms with Crippen LogP contribution >= 0.6 is 21.6 Å². The molecule has 1 aliphatic heterocycles. The largest absolute Gasteiger partial charge is 0.0622 e. The van der Waals surface area contributed by atoms with E-state index < -0.39 is 0 Å². The van der Waals surface area contributed by atoms with Gasteiger partial charge >= 0.3 is 0 Å². The zero-order valence-electron chi connectivity index (χ0n) is 17.3. The maximum absolute atomic E-state index is 2.44. The minimum Gasteiger partial charge on any atom is -0.0622 e. The lowest BCUT2D eigenvalue weighted by molar-refractivity contribution is 1.12. The summed E-state index contributed by atoms with van der Waals surface area (Å²) in [5.74, 6) is 0. The smallest absolute Gasteiger partial charge is 0.0268 e. The third-order valence-corrected chi connectivity index (χ3v) is 8.31. The molecule has 0 radical (unpaired) electrons. The fraction of sp³-hybridized carbons (Fsp3) is 0.143. The average molecular weight is 425 g/mol. The van der Waals surface area contributed by atoms with E-state index in [2.05, 4.69) is 98.8 Å². The average Bonchev–Trinajstić information content (AvgIpc) is 2.76. The van der Waals surface area contributed by atoms with E-state index >= 15 is 0 Å². The van der Waals surface area contributed by atoms with Crippen molar-refractivity contribution in [3.8, 4) is 11.1 Å². The molecule has 2 heteroatoms. The summed E-state index contributed by atoms with van der Waals surface area (Å²) in [6.45, 7) is 4.49. The lowest BCUT2D eigenvalue weighted by atomic mass is 9.92. The molecule has 0 N–H and O–H groups in total. The number of hydrogen-bond acceptors (Lipinski definition) is 2. The second kappa shape index (κ2) is 8.37. The van der Waals surface area contributed by atoms with Crippen molar-refractivity contribution < 1.29 is 0 Å². The van der Waals surface area contributed by atoms with Crippen molar-refractivity contribution >= 4 is 21.6 Å². The van der Waals surface area contributed by atoms with E-state index in [0.717, 1.165) is 12.8 Å². The van der Waals surface area contributed by atoms with Gasteiger partial charge in [-0.1, -0.05) is 82.3 Å². The molecule has 5 rings (SSSR count). The fourth-order valence-corrected chi connectivity index (χ4v) is 6.63. The van der Waals surface area contributed by atoms with Crippen molar-refractivity contribution in [1.29, 1.82) is 0 Å². The Labute approximate surface area is 187 Å². The summed E-state index contributed by atoms with van der Waals surface area (Å²) in [5.41, 5.74) is 11.1. The SMILES string of the molecule is Cc1cc2c(cc1Cc1ccccc1)-c1cc(Cc3ccccc3)c(C)cc1SS2. The van der Waals surface area contributed by atoms with Gasteiger partial charge in [0.2, 0.25) is 0 Å². The van der Waals surface area contributed by atoms with Gasteiger partial charge in [0.15, 0.2) is 0 Å². The van der Waals surface area contributed by atoms with E-state index in [1.54, 1.807) is 0 Å². The minimum absolute atomic E-state index is 0.982.